The molecule has 3 aromatic heterocycles. The van der Waals surface area contributed by atoms with Crippen LogP contribution in [-0.4, -0.2) is 70.1 Å². The molecule has 0 spiro atoms. The molecule has 1 aliphatic heterocycles. The smallest absolute Gasteiger partial charge is 0.363 e. The summed E-state index contributed by atoms with van der Waals surface area (Å²) in [5, 5.41) is 10.8. The maximum Gasteiger partial charge on any atom is 0.453 e. The first kappa shape index (κ1) is 18.2. The summed E-state index contributed by atoms with van der Waals surface area (Å²) in [4.78, 5) is 14.7. The summed E-state index contributed by atoms with van der Waals surface area (Å²) in [5.74, 6) is 0.761. The van der Waals surface area contributed by atoms with Gasteiger partial charge in [-0.1, -0.05) is 0 Å². The van der Waals surface area contributed by atoms with E-state index in [4.69, 9.17) is 0 Å². The molecule has 0 bridgehead atoms. The summed E-state index contributed by atoms with van der Waals surface area (Å²) in [7, 11) is 3.82. The van der Waals surface area contributed by atoms with Crippen LogP contribution >= 0.6 is 0 Å². The maximum atomic E-state index is 13.1. The van der Waals surface area contributed by atoms with Crippen molar-refractivity contribution in [2.45, 2.75) is 6.18 Å². The van der Waals surface area contributed by atoms with Crippen LogP contribution in [0.5, 0.6) is 0 Å². The quantitative estimate of drug-likeness (QED) is 0.660. The second-order valence-electron chi connectivity index (χ2n) is 6.57. The fourth-order valence-electron chi connectivity index (χ4n) is 3.00. The first-order valence-corrected chi connectivity index (χ1v) is 8.63. The molecule has 0 radical (unpaired) electrons. The maximum absolute atomic E-state index is 13.1. The Kier molecular flexibility index (Phi) is 4.40. The summed E-state index contributed by atoms with van der Waals surface area (Å²) < 4.78 is 39.9. The zero-order chi connectivity index (χ0) is 19.9. The van der Waals surface area contributed by atoms with E-state index in [1.807, 2.05) is 34.9 Å². The lowest BCUT2D eigenvalue weighted by atomic mass is 10.3. The molecule has 28 heavy (non-hydrogen) atoms. The average molecular weight is 393 g/mol. The first-order valence-electron chi connectivity index (χ1n) is 8.63. The Morgan fingerprint density at radius 3 is 2.36 bits per heavy atom. The molecule has 12 heteroatoms. The second-order valence-corrected chi connectivity index (χ2v) is 6.57. The van der Waals surface area contributed by atoms with Gasteiger partial charge in [0.2, 0.25) is 5.95 Å². The normalized spacial score (nSPS) is 15.3. The van der Waals surface area contributed by atoms with Crippen LogP contribution in [0.1, 0.15) is 5.82 Å². The number of anilines is 3. The molecule has 1 saturated heterocycles. The van der Waals surface area contributed by atoms with Gasteiger partial charge >= 0.3 is 6.18 Å². The number of hydrogen-bond acceptors (Lipinski definition) is 8. The molecule has 3 aromatic rings. The Hall–Kier alpha value is -3.18. The molecule has 0 aromatic carbocycles. The minimum Gasteiger partial charge on any atom is -0.363 e. The van der Waals surface area contributed by atoms with Gasteiger partial charge in [-0.05, 0) is 18.2 Å². The third-order valence-electron chi connectivity index (χ3n) is 4.48. The van der Waals surface area contributed by atoms with Crippen LogP contribution in [0.4, 0.5) is 30.8 Å². The Morgan fingerprint density at radius 1 is 0.964 bits per heavy atom. The van der Waals surface area contributed by atoms with Crippen molar-refractivity contribution < 1.29 is 13.2 Å². The second kappa shape index (κ2) is 6.77. The number of hydrogen-bond donors (Lipinski definition) is 0. The molecule has 0 amide bonds. The van der Waals surface area contributed by atoms with Crippen molar-refractivity contribution in [1.29, 1.82) is 0 Å². The molecule has 1 aliphatic rings. The van der Waals surface area contributed by atoms with Gasteiger partial charge in [0.15, 0.2) is 5.65 Å². The molecule has 4 rings (SSSR count). The SMILES string of the molecule is CN(C)c1ccnc(N2CCN(c3ccc4nnc(C(F)(F)F)n4n3)CC2)n1. The van der Waals surface area contributed by atoms with Gasteiger partial charge in [0, 0.05) is 46.5 Å². The van der Waals surface area contributed by atoms with E-state index in [0.29, 0.717) is 37.9 Å². The summed E-state index contributed by atoms with van der Waals surface area (Å²) in [6.45, 7) is 2.42. The molecular formula is C16H18F3N9. The molecule has 0 unspecified atom stereocenters. The standard InChI is InChI=1S/C16H18F3N9/c1-25(2)11-5-6-20-15(21-11)27-9-7-26(8-10-27)13-4-3-12-22-23-14(16(17,18)19)28(12)24-13/h3-6H,7-10H2,1-2H3. The third-order valence-corrected chi connectivity index (χ3v) is 4.48. The van der Waals surface area contributed by atoms with Crippen LogP contribution in [0.25, 0.3) is 5.65 Å². The molecule has 1 fully saturated rings. The Bertz CT molecular complexity index is 977. The molecule has 148 valence electrons. The Balaban J connectivity index is 1.51. The third kappa shape index (κ3) is 3.37. The van der Waals surface area contributed by atoms with Crippen LogP contribution in [-0.2, 0) is 6.18 Å². The molecule has 4 heterocycles. The lowest BCUT2D eigenvalue weighted by Crippen LogP contribution is -2.47. The van der Waals surface area contributed by atoms with Gasteiger partial charge in [-0.3, -0.25) is 0 Å². The summed E-state index contributed by atoms with van der Waals surface area (Å²) >= 11 is 0. The van der Waals surface area contributed by atoms with E-state index in [0.717, 1.165) is 10.3 Å². The number of piperazine rings is 1. The highest BCUT2D eigenvalue weighted by molar-refractivity contribution is 5.48. The molecule has 0 aliphatic carbocycles. The minimum absolute atomic E-state index is 0.0589. The van der Waals surface area contributed by atoms with Gasteiger partial charge in [0.05, 0.1) is 0 Å². The Labute approximate surface area is 158 Å². The van der Waals surface area contributed by atoms with Gasteiger partial charge in [-0.25, -0.2) is 4.98 Å². The van der Waals surface area contributed by atoms with Crippen molar-refractivity contribution in [3.63, 3.8) is 0 Å². The predicted octanol–water partition coefficient (Wildman–Crippen LogP) is 1.33. The van der Waals surface area contributed by atoms with Crippen molar-refractivity contribution in [3.05, 3.63) is 30.2 Å². The fraction of sp³-hybridized carbons (Fsp3) is 0.438. The topological polar surface area (TPSA) is 78.6 Å². The van der Waals surface area contributed by atoms with Gasteiger partial charge in [0.25, 0.3) is 5.82 Å². The largest absolute Gasteiger partial charge is 0.453 e. The minimum atomic E-state index is -4.61. The van der Waals surface area contributed by atoms with E-state index >= 15 is 0 Å². The number of alkyl halides is 3. The van der Waals surface area contributed by atoms with Gasteiger partial charge in [0.1, 0.15) is 11.6 Å². The fourth-order valence-corrected chi connectivity index (χ4v) is 3.00. The predicted molar refractivity (Wildman–Crippen MR) is 96.6 cm³/mol. The average Bonchev–Trinajstić information content (AvgIpc) is 3.12. The monoisotopic (exact) mass is 393 g/mol. The summed E-state index contributed by atoms with van der Waals surface area (Å²) in [6.07, 6.45) is -2.90. The van der Waals surface area contributed by atoms with E-state index in [-0.39, 0.29) is 5.65 Å². The van der Waals surface area contributed by atoms with Crippen molar-refractivity contribution in [3.8, 4) is 0 Å². The number of nitrogens with zero attached hydrogens (tertiary/aromatic N) is 9. The van der Waals surface area contributed by atoms with E-state index in [2.05, 4.69) is 25.3 Å². The van der Waals surface area contributed by atoms with Crippen LogP contribution < -0.4 is 14.7 Å². The highest BCUT2D eigenvalue weighted by atomic mass is 19.4. The van der Waals surface area contributed by atoms with Crippen molar-refractivity contribution in [2.24, 2.45) is 0 Å². The van der Waals surface area contributed by atoms with E-state index in [9.17, 15) is 13.2 Å². The lowest BCUT2D eigenvalue weighted by molar-refractivity contribution is -0.146. The number of halogens is 3. The van der Waals surface area contributed by atoms with E-state index in [1.54, 1.807) is 12.3 Å². The van der Waals surface area contributed by atoms with Gasteiger partial charge in [-0.15, -0.1) is 15.3 Å². The van der Waals surface area contributed by atoms with Crippen LogP contribution in [0, 0.1) is 0 Å². The Morgan fingerprint density at radius 2 is 1.68 bits per heavy atom. The van der Waals surface area contributed by atoms with Crippen LogP contribution in [0.2, 0.25) is 0 Å². The van der Waals surface area contributed by atoms with Crippen LogP contribution in [0.15, 0.2) is 24.4 Å². The zero-order valence-corrected chi connectivity index (χ0v) is 15.3. The van der Waals surface area contributed by atoms with Crippen molar-refractivity contribution >= 4 is 23.2 Å². The molecule has 0 saturated carbocycles. The number of aromatic nitrogens is 6. The molecular weight excluding hydrogens is 375 g/mol. The molecule has 0 N–H and O–H groups in total. The van der Waals surface area contributed by atoms with Gasteiger partial charge in [-0.2, -0.15) is 22.7 Å². The molecule has 9 nitrogen and oxygen atoms in total. The lowest BCUT2D eigenvalue weighted by Gasteiger charge is -2.35. The number of fused-ring (bicyclic) bond motifs is 1. The van der Waals surface area contributed by atoms with Gasteiger partial charge < -0.3 is 14.7 Å². The number of rotatable bonds is 3. The van der Waals surface area contributed by atoms with E-state index < -0.39 is 12.0 Å². The van der Waals surface area contributed by atoms with E-state index in [1.165, 1.54) is 6.07 Å². The molecule has 0 atom stereocenters. The van der Waals surface area contributed by atoms with Crippen LogP contribution in [0.3, 0.4) is 0 Å². The summed E-state index contributed by atoms with van der Waals surface area (Å²) in [5.41, 5.74) is 0.0589. The summed E-state index contributed by atoms with van der Waals surface area (Å²) in [6, 6.07) is 4.97. The highest BCUT2D eigenvalue weighted by Gasteiger charge is 2.37. The first-order chi connectivity index (χ1) is 13.3. The van der Waals surface area contributed by atoms with Crippen molar-refractivity contribution in [1.82, 2.24) is 29.8 Å². The highest BCUT2D eigenvalue weighted by Crippen LogP contribution is 2.28. The van der Waals surface area contributed by atoms with Crippen molar-refractivity contribution in [2.75, 3.05) is 55.0 Å². The zero-order valence-electron chi connectivity index (χ0n) is 15.3.